The molecule has 27 heavy (non-hydrogen) atoms. The van der Waals surface area contributed by atoms with Crippen molar-refractivity contribution in [3.8, 4) is 0 Å². The van der Waals surface area contributed by atoms with Crippen LogP contribution in [0.1, 0.15) is 29.8 Å². The van der Waals surface area contributed by atoms with E-state index < -0.39 is 0 Å². The lowest BCUT2D eigenvalue weighted by Crippen LogP contribution is -2.35. The Morgan fingerprint density at radius 1 is 0.778 bits per heavy atom. The van der Waals surface area contributed by atoms with Gasteiger partial charge in [0.1, 0.15) is 17.8 Å². The van der Waals surface area contributed by atoms with Crippen LogP contribution in [0.5, 0.6) is 0 Å². The van der Waals surface area contributed by atoms with Crippen LogP contribution >= 0.6 is 0 Å². The third-order valence-electron chi connectivity index (χ3n) is 4.98. The molecule has 1 aliphatic rings. The summed E-state index contributed by atoms with van der Waals surface area (Å²) in [4.78, 5) is 7.16. The summed E-state index contributed by atoms with van der Waals surface area (Å²) in [7, 11) is 0. The largest absolute Gasteiger partial charge is 0.337 e. The van der Waals surface area contributed by atoms with Crippen LogP contribution in [0.3, 0.4) is 0 Å². The number of halogens is 2. The van der Waals surface area contributed by atoms with Crippen LogP contribution in [-0.2, 0) is 0 Å². The molecule has 2 atom stereocenters. The summed E-state index contributed by atoms with van der Waals surface area (Å²) < 4.78 is 26.8. The zero-order valence-corrected chi connectivity index (χ0v) is 15.2. The Morgan fingerprint density at radius 2 is 1.33 bits per heavy atom. The molecule has 2 nitrogen and oxygen atoms in total. The van der Waals surface area contributed by atoms with Crippen LogP contribution in [0.15, 0.2) is 77.8 Å². The second kappa shape index (κ2) is 6.95. The SMILES string of the molecule is Cc1ccc(N2C(C)C(c3ccc(F)cc3)=NC2c2ccc(F)cc2)cc1. The average molecular weight is 362 g/mol. The van der Waals surface area contributed by atoms with Gasteiger partial charge in [0, 0.05) is 5.69 Å². The van der Waals surface area contributed by atoms with E-state index in [1.54, 1.807) is 24.3 Å². The molecule has 1 heterocycles. The van der Waals surface area contributed by atoms with Crippen molar-refractivity contribution in [1.82, 2.24) is 0 Å². The van der Waals surface area contributed by atoms with Gasteiger partial charge in [0.2, 0.25) is 0 Å². The van der Waals surface area contributed by atoms with Crippen molar-refractivity contribution in [3.63, 3.8) is 0 Å². The van der Waals surface area contributed by atoms with Crippen molar-refractivity contribution in [3.05, 3.63) is 101 Å². The van der Waals surface area contributed by atoms with E-state index in [9.17, 15) is 8.78 Å². The number of benzene rings is 3. The number of aryl methyl sites for hydroxylation is 1. The van der Waals surface area contributed by atoms with Gasteiger partial charge in [-0.1, -0.05) is 42.0 Å². The monoisotopic (exact) mass is 362 g/mol. The zero-order valence-electron chi connectivity index (χ0n) is 15.2. The van der Waals surface area contributed by atoms with Crippen molar-refractivity contribution in [1.29, 1.82) is 0 Å². The van der Waals surface area contributed by atoms with Gasteiger partial charge in [0.05, 0.1) is 11.8 Å². The minimum atomic E-state index is -0.269. The molecule has 4 rings (SSSR count). The average Bonchev–Trinajstić information content (AvgIpc) is 3.01. The van der Waals surface area contributed by atoms with E-state index in [1.807, 2.05) is 0 Å². The highest BCUT2D eigenvalue weighted by molar-refractivity contribution is 6.07. The van der Waals surface area contributed by atoms with Crippen molar-refractivity contribution in [2.45, 2.75) is 26.1 Å². The summed E-state index contributed by atoms with van der Waals surface area (Å²) in [6, 6.07) is 21.1. The number of aliphatic imine (C=N–C) groups is 1. The highest BCUT2D eigenvalue weighted by atomic mass is 19.1. The lowest BCUT2D eigenvalue weighted by atomic mass is 10.0. The van der Waals surface area contributed by atoms with Gasteiger partial charge in [-0.05, 0) is 61.4 Å². The maximum Gasteiger partial charge on any atom is 0.148 e. The molecule has 0 N–H and O–H groups in total. The summed E-state index contributed by atoms with van der Waals surface area (Å²) in [5.41, 5.74) is 4.93. The van der Waals surface area contributed by atoms with Crippen molar-refractivity contribution < 1.29 is 8.78 Å². The Morgan fingerprint density at radius 3 is 1.93 bits per heavy atom. The Kier molecular flexibility index (Phi) is 4.48. The number of anilines is 1. The van der Waals surface area contributed by atoms with Gasteiger partial charge in [0.15, 0.2) is 0 Å². The number of hydrogen-bond acceptors (Lipinski definition) is 2. The van der Waals surface area contributed by atoms with E-state index in [-0.39, 0.29) is 23.8 Å². The Bertz CT molecular complexity index is 961. The van der Waals surface area contributed by atoms with E-state index in [0.29, 0.717) is 0 Å². The predicted molar refractivity (Wildman–Crippen MR) is 105 cm³/mol. The fraction of sp³-hybridized carbons (Fsp3) is 0.174. The molecule has 0 aliphatic carbocycles. The zero-order chi connectivity index (χ0) is 19.0. The molecule has 0 saturated heterocycles. The van der Waals surface area contributed by atoms with E-state index in [0.717, 1.165) is 22.5 Å². The Hall–Kier alpha value is -3.01. The summed E-state index contributed by atoms with van der Waals surface area (Å²) in [5, 5.41) is 0. The third kappa shape index (κ3) is 3.35. The molecule has 0 spiro atoms. The second-order valence-electron chi connectivity index (χ2n) is 6.87. The van der Waals surface area contributed by atoms with Crippen LogP contribution < -0.4 is 4.90 Å². The van der Waals surface area contributed by atoms with Gasteiger partial charge in [-0.25, -0.2) is 8.78 Å². The van der Waals surface area contributed by atoms with Crippen LogP contribution in [-0.4, -0.2) is 11.8 Å². The van der Waals surface area contributed by atoms with Crippen molar-refractivity contribution in [2.75, 3.05) is 4.90 Å². The quantitative estimate of drug-likeness (QED) is 0.586. The molecule has 0 saturated carbocycles. The summed E-state index contributed by atoms with van der Waals surface area (Å²) in [6.45, 7) is 4.14. The Labute approximate surface area is 157 Å². The molecule has 3 aromatic carbocycles. The van der Waals surface area contributed by atoms with Gasteiger partial charge in [0.25, 0.3) is 0 Å². The Balaban J connectivity index is 1.80. The molecule has 0 fully saturated rings. The van der Waals surface area contributed by atoms with Crippen LogP contribution in [0, 0.1) is 18.6 Å². The molecular weight excluding hydrogens is 342 g/mol. The smallest absolute Gasteiger partial charge is 0.148 e. The first-order valence-corrected chi connectivity index (χ1v) is 8.97. The topological polar surface area (TPSA) is 15.6 Å². The molecule has 1 aliphatic heterocycles. The highest BCUT2D eigenvalue weighted by Crippen LogP contribution is 2.37. The van der Waals surface area contributed by atoms with Gasteiger partial charge >= 0.3 is 0 Å². The fourth-order valence-corrected chi connectivity index (χ4v) is 3.53. The molecule has 136 valence electrons. The van der Waals surface area contributed by atoms with Gasteiger partial charge in [-0.3, -0.25) is 4.99 Å². The summed E-state index contributed by atoms with van der Waals surface area (Å²) in [5.74, 6) is -0.537. The first-order chi connectivity index (χ1) is 13.0. The lowest BCUT2D eigenvalue weighted by molar-refractivity contribution is 0.622. The standard InChI is InChI=1S/C23H20F2N2/c1-15-3-13-21(14-4-15)27-16(2)22(17-5-9-19(24)10-6-17)26-23(27)18-7-11-20(25)12-8-18/h3-14,16,23H,1-2H3. The summed E-state index contributed by atoms with van der Waals surface area (Å²) >= 11 is 0. The van der Waals surface area contributed by atoms with Crippen molar-refractivity contribution >= 4 is 11.4 Å². The van der Waals surface area contributed by atoms with E-state index in [2.05, 4.69) is 43.0 Å². The number of hydrogen-bond donors (Lipinski definition) is 0. The first-order valence-electron chi connectivity index (χ1n) is 8.97. The minimum Gasteiger partial charge on any atom is -0.337 e. The number of nitrogens with zero attached hydrogens (tertiary/aromatic N) is 2. The summed E-state index contributed by atoms with van der Waals surface area (Å²) in [6.07, 6.45) is -0.261. The molecule has 0 bridgehead atoms. The van der Waals surface area contributed by atoms with Crippen LogP contribution in [0.2, 0.25) is 0 Å². The van der Waals surface area contributed by atoms with Gasteiger partial charge in [-0.15, -0.1) is 0 Å². The molecule has 0 aromatic heterocycles. The van der Waals surface area contributed by atoms with Crippen molar-refractivity contribution in [2.24, 2.45) is 4.99 Å². The molecular formula is C23H20F2N2. The van der Waals surface area contributed by atoms with E-state index in [4.69, 9.17) is 4.99 Å². The lowest BCUT2D eigenvalue weighted by Gasteiger charge is -2.30. The minimum absolute atomic E-state index is 0.00628. The molecule has 4 heteroatoms. The third-order valence-corrected chi connectivity index (χ3v) is 4.98. The normalized spacial score (nSPS) is 19.3. The second-order valence-corrected chi connectivity index (χ2v) is 6.87. The maximum atomic E-state index is 13.4. The molecule has 0 amide bonds. The maximum absolute atomic E-state index is 13.4. The van der Waals surface area contributed by atoms with E-state index in [1.165, 1.54) is 29.8 Å². The molecule has 2 unspecified atom stereocenters. The van der Waals surface area contributed by atoms with Gasteiger partial charge < -0.3 is 4.90 Å². The van der Waals surface area contributed by atoms with Crippen LogP contribution in [0.4, 0.5) is 14.5 Å². The first kappa shape index (κ1) is 17.4. The van der Waals surface area contributed by atoms with E-state index >= 15 is 0 Å². The molecule has 3 aromatic rings. The van der Waals surface area contributed by atoms with Crippen LogP contribution in [0.25, 0.3) is 0 Å². The highest BCUT2D eigenvalue weighted by Gasteiger charge is 2.35. The fourth-order valence-electron chi connectivity index (χ4n) is 3.53. The molecule has 0 radical (unpaired) electrons. The van der Waals surface area contributed by atoms with Gasteiger partial charge in [-0.2, -0.15) is 0 Å². The number of rotatable bonds is 3. The predicted octanol–water partition coefficient (Wildman–Crippen LogP) is 5.67.